The summed E-state index contributed by atoms with van der Waals surface area (Å²) in [5, 5.41) is 10.3. The number of hydrogen-bond donors (Lipinski definition) is 0. The van der Waals surface area contributed by atoms with Gasteiger partial charge in [-0.3, -0.25) is 5.11 Å². The van der Waals surface area contributed by atoms with Gasteiger partial charge in [0.05, 0.1) is 5.02 Å². The number of halogens is 2. The van der Waals surface area contributed by atoms with Gasteiger partial charge in [-0.25, -0.2) is 4.39 Å². The third-order valence-electron chi connectivity index (χ3n) is 0.916. The Morgan fingerprint density at radius 2 is 2.11 bits per heavy atom. The van der Waals surface area contributed by atoms with Gasteiger partial charge in [0.25, 0.3) is 0 Å². The Bertz CT molecular complexity index is 204. The first-order chi connectivity index (χ1) is 4.22. The Morgan fingerprint density at radius 3 is 2.56 bits per heavy atom. The van der Waals surface area contributed by atoms with Crippen LogP contribution < -0.4 is 0 Å². The van der Waals surface area contributed by atoms with Gasteiger partial charge in [-0.2, -0.15) is 0 Å². The summed E-state index contributed by atoms with van der Waals surface area (Å²) in [5.74, 6) is -1.54. The second-order valence-electron chi connectivity index (χ2n) is 1.55. The summed E-state index contributed by atoms with van der Waals surface area (Å²) >= 11 is 5.24. The highest BCUT2D eigenvalue weighted by Crippen LogP contribution is 2.22. The quantitative estimate of drug-likeness (QED) is 0.535. The van der Waals surface area contributed by atoms with E-state index >= 15 is 0 Å². The van der Waals surface area contributed by atoms with Crippen molar-refractivity contribution in [3.05, 3.63) is 29.0 Å². The first kappa shape index (κ1) is 6.36. The van der Waals surface area contributed by atoms with Crippen molar-refractivity contribution in [3.8, 4) is 5.75 Å². The van der Waals surface area contributed by atoms with Gasteiger partial charge in [0.1, 0.15) is 0 Å². The fourth-order valence-corrected chi connectivity index (χ4v) is 0.650. The summed E-state index contributed by atoms with van der Waals surface area (Å²) in [6, 6.07) is 3.87. The molecule has 1 nitrogen and oxygen atoms in total. The van der Waals surface area contributed by atoms with Crippen molar-refractivity contribution in [1.82, 2.24) is 0 Å². The zero-order chi connectivity index (χ0) is 6.85. The van der Waals surface area contributed by atoms with E-state index in [-0.39, 0.29) is 5.02 Å². The van der Waals surface area contributed by atoms with Gasteiger partial charge in [0, 0.05) is 0 Å². The minimum absolute atomic E-state index is 0.123. The van der Waals surface area contributed by atoms with E-state index in [0.717, 1.165) is 6.07 Å². The van der Waals surface area contributed by atoms with Crippen LogP contribution in [-0.2, 0) is 5.11 Å². The van der Waals surface area contributed by atoms with E-state index in [0.29, 0.717) is 0 Å². The van der Waals surface area contributed by atoms with E-state index in [1.165, 1.54) is 12.1 Å². The van der Waals surface area contributed by atoms with Crippen LogP contribution >= 0.6 is 11.6 Å². The van der Waals surface area contributed by atoms with Crippen molar-refractivity contribution < 1.29 is 9.50 Å². The molecule has 0 bridgehead atoms. The van der Waals surface area contributed by atoms with Gasteiger partial charge in [0.2, 0.25) is 5.75 Å². The third kappa shape index (κ3) is 1.13. The average molecular weight is 146 g/mol. The largest absolute Gasteiger partial charge is 0.287 e. The van der Waals surface area contributed by atoms with Crippen molar-refractivity contribution in [2.75, 3.05) is 0 Å². The molecule has 0 saturated carbocycles. The fourth-order valence-electron chi connectivity index (χ4n) is 0.484. The lowest BCUT2D eigenvalue weighted by Crippen LogP contribution is -1.73. The predicted molar refractivity (Wildman–Crippen MR) is 31.5 cm³/mol. The lowest BCUT2D eigenvalue weighted by molar-refractivity contribution is 0.330. The molecule has 9 heavy (non-hydrogen) atoms. The molecule has 0 fully saturated rings. The van der Waals surface area contributed by atoms with Crippen molar-refractivity contribution >= 4 is 11.6 Å². The summed E-state index contributed by atoms with van der Waals surface area (Å²) in [5.41, 5.74) is 0. The van der Waals surface area contributed by atoms with E-state index in [1.807, 2.05) is 0 Å². The van der Waals surface area contributed by atoms with Gasteiger partial charge in [-0.15, -0.1) is 0 Å². The number of hydrogen-bond acceptors (Lipinski definition) is 0. The first-order valence-corrected chi connectivity index (χ1v) is 2.70. The van der Waals surface area contributed by atoms with E-state index in [9.17, 15) is 9.50 Å². The molecule has 0 spiro atoms. The highest BCUT2D eigenvalue weighted by Gasteiger charge is 2.03. The molecule has 3 heteroatoms. The van der Waals surface area contributed by atoms with Crippen LogP contribution in [0.15, 0.2) is 18.2 Å². The molecular weight excluding hydrogens is 143 g/mol. The smallest absolute Gasteiger partial charge is 0.215 e. The molecule has 1 radical (unpaired) electrons. The summed E-state index contributed by atoms with van der Waals surface area (Å²) in [6.07, 6.45) is 0. The van der Waals surface area contributed by atoms with Crippen LogP contribution in [0.5, 0.6) is 5.75 Å². The highest BCUT2D eigenvalue weighted by atomic mass is 35.5. The lowest BCUT2D eigenvalue weighted by Gasteiger charge is -1.90. The SMILES string of the molecule is [O]c1cccc(Cl)c1F. The van der Waals surface area contributed by atoms with Gasteiger partial charge >= 0.3 is 0 Å². The van der Waals surface area contributed by atoms with E-state index in [2.05, 4.69) is 0 Å². The molecule has 1 rings (SSSR count). The molecule has 47 valence electrons. The molecule has 1 aromatic rings. The Labute approximate surface area is 56.7 Å². The normalized spacial score (nSPS) is 9.56. The molecule has 0 aliphatic carbocycles. The van der Waals surface area contributed by atoms with Crippen LogP contribution in [0, 0.1) is 5.82 Å². The zero-order valence-electron chi connectivity index (χ0n) is 4.40. The summed E-state index contributed by atoms with van der Waals surface area (Å²) < 4.78 is 12.3. The molecule has 0 N–H and O–H groups in total. The van der Waals surface area contributed by atoms with Crippen LogP contribution in [0.25, 0.3) is 0 Å². The van der Waals surface area contributed by atoms with Crippen LogP contribution in [0.4, 0.5) is 4.39 Å². The summed E-state index contributed by atoms with van der Waals surface area (Å²) in [6.45, 7) is 0. The van der Waals surface area contributed by atoms with Crippen molar-refractivity contribution in [2.45, 2.75) is 0 Å². The Balaban J connectivity index is 3.25. The molecule has 0 amide bonds. The first-order valence-electron chi connectivity index (χ1n) is 2.33. The number of rotatable bonds is 0. The van der Waals surface area contributed by atoms with Gasteiger partial charge in [-0.1, -0.05) is 17.7 Å². The van der Waals surface area contributed by atoms with Crippen molar-refractivity contribution in [2.24, 2.45) is 0 Å². The van der Waals surface area contributed by atoms with Gasteiger partial charge < -0.3 is 0 Å². The van der Waals surface area contributed by atoms with E-state index in [1.54, 1.807) is 0 Å². The molecule has 1 aromatic carbocycles. The van der Waals surface area contributed by atoms with Crippen LogP contribution in [0.1, 0.15) is 0 Å². The average Bonchev–Trinajstić information content (AvgIpc) is 1.83. The molecule has 0 unspecified atom stereocenters. The van der Waals surface area contributed by atoms with Crippen molar-refractivity contribution in [1.29, 1.82) is 0 Å². The maximum atomic E-state index is 12.3. The van der Waals surface area contributed by atoms with E-state index in [4.69, 9.17) is 11.6 Å². The molecular formula is C6H3ClFO. The Hall–Kier alpha value is -0.760. The fraction of sp³-hybridized carbons (Fsp3) is 0. The van der Waals surface area contributed by atoms with Crippen molar-refractivity contribution in [3.63, 3.8) is 0 Å². The number of benzene rings is 1. The van der Waals surface area contributed by atoms with Gasteiger partial charge in [0.15, 0.2) is 5.82 Å². The van der Waals surface area contributed by atoms with Crippen LogP contribution in [0.2, 0.25) is 5.02 Å². The van der Waals surface area contributed by atoms with E-state index < -0.39 is 11.6 Å². The predicted octanol–water partition coefficient (Wildman–Crippen LogP) is 2.62. The molecule has 0 saturated heterocycles. The molecule has 0 aliphatic heterocycles. The Kier molecular flexibility index (Phi) is 1.58. The summed E-state index contributed by atoms with van der Waals surface area (Å²) in [7, 11) is 0. The highest BCUT2D eigenvalue weighted by molar-refractivity contribution is 6.30. The molecule has 0 aromatic heterocycles. The molecule has 0 aliphatic rings. The maximum Gasteiger partial charge on any atom is 0.215 e. The topological polar surface area (TPSA) is 19.9 Å². The summed E-state index contributed by atoms with van der Waals surface area (Å²) in [4.78, 5) is 0. The standard InChI is InChI=1S/C6H3ClFO/c7-4-2-1-3-5(9)6(4)8/h1-3H. The molecule has 0 heterocycles. The third-order valence-corrected chi connectivity index (χ3v) is 1.21. The second kappa shape index (κ2) is 2.23. The van der Waals surface area contributed by atoms with Crippen LogP contribution in [-0.4, -0.2) is 0 Å². The minimum Gasteiger partial charge on any atom is -0.287 e. The lowest BCUT2D eigenvalue weighted by atomic mass is 10.3. The minimum atomic E-state index is -0.876. The molecule has 0 atom stereocenters. The zero-order valence-corrected chi connectivity index (χ0v) is 5.15. The second-order valence-corrected chi connectivity index (χ2v) is 1.96. The monoisotopic (exact) mass is 145 g/mol. The van der Waals surface area contributed by atoms with Crippen LogP contribution in [0.3, 0.4) is 0 Å². The Morgan fingerprint density at radius 1 is 1.44 bits per heavy atom. The maximum absolute atomic E-state index is 12.3. The van der Waals surface area contributed by atoms with Gasteiger partial charge in [-0.05, 0) is 12.1 Å².